The molecule has 0 radical (unpaired) electrons. The minimum Gasteiger partial charge on any atom is -0.481 e. The van der Waals surface area contributed by atoms with Crippen LogP contribution in [0.4, 0.5) is 13.2 Å². The van der Waals surface area contributed by atoms with E-state index in [4.69, 9.17) is 10.2 Å². The number of carbonyl (C=O) groups is 2. The molecule has 0 spiro atoms. The van der Waals surface area contributed by atoms with Gasteiger partial charge in [-0.15, -0.1) is 0 Å². The van der Waals surface area contributed by atoms with E-state index in [-0.39, 0.29) is 12.0 Å². The third-order valence-electron chi connectivity index (χ3n) is 4.98. The molecule has 0 aromatic heterocycles. The summed E-state index contributed by atoms with van der Waals surface area (Å²) in [5, 5.41) is 20.7. The standard InChI is InChI=1S/C12H15F3N2.C9H10O4/c13-12(14,15)11-3-1-10(2-4-11)9-17-7-5-16-6-8-17;1-9(8(12)13)4-2-3-6(5-9)7(10)11/h1-4,16H,5-9H2;2-4H,5H2,1H3,(H,10,11)(H,12,13)/t;9-/m.1/s1. The predicted molar refractivity (Wildman–Crippen MR) is 105 cm³/mol. The number of allylic oxidation sites excluding steroid dienone is 2. The zero-order valence-electron chi connectivity index (χ0n) is 16.6. The summed E-state index contributed by atoms with van der Waals surface area (Å²) >= 11 is 0. The maximum absolute atomic E-state index is 12.4. The number of benzene rings is 1. The smallest absolute Gasteiger partial charge is 0.416 e. The zero-order valence-corrected chi connectivity index (χ0v) is 16.6. The van der Waals surface area contributed by atoms with E-state index in [0.717, 1.165) is 50.4 Å². The second-order valence-electron chi connectivity index (χ2n) is 7.48. The topological polar surface area (TPSA) is 89.9 Å². The van der Waals surface area contributed by atoms with Gasteiger partial charge in [-0.2, -0.15) is 13.2 Å². The van der Waals surface area contributed by atoms with Crippen LogP contribution >= 0.6 is 0 Å². The van der Waals surface area contributed by atoms with Crippen molar-refractivity contribution in [3.63, 3.8) is 0 Å². The third-order valence-corrected chi connectivity index (χ3v) is 4.98. The minimum atomic E-state index is -4.24. The van der Waals surface area contributed by atoms with Crippen molar-refractivity contribution in [3.8, 4) is 0 Å². The van der Waals surface area contributed by atoms with Crippen LogP contribution in [-0.2, 0) is 22.3 Å². The van der Waals surface area contributed by atoms with Crippen molar-refractivity contribution in [2.45, 2.75) is 26.1 Å². The van der Waals surface area contributed by atoms with E-state index in [2.05, 4.69) is 10.2 Å². The molecule has 1 saturated heterocycles. The SMILES string of the molecule is C[C@@]1(C(=O)O)C=CC=C(C(=O)O)C1.FC(F)(F)c1ccc(CN2CCNCC2)cc1. The van der Waals surface area contributed by atoms with Crippen LogP contribution in [0.15, 0.2) is 48.1 Å². The Bertz CT molecular complexity index is 813. The molecule has 3 N–H and O–H groups in total. The number of alkyl halides is 3. The molecule has 0 amide bonds. The molecule has 6 nitrogen and oxygen atoms in total. The van der Waals surface area contributed by atoms with Crippen LogP contribution in [0.3, 0.4) is 0 Å². The first-order valence-electron chi connectivity index (χ1n) is 9.45. The van der Waals surface area contributed by atoms with Crippen molar-refractivity contribution in [3.05, 3.63) is 59.2 Å². The highest BCUT2D eigenvalue weighted by atomic mass is 19.4. The Morgan fingerprint density at radius 3 is 2.23 bits per heavy atom. The van der Waals surface area contributed by atoms with E-state index < -0.39 is 29.1 Å². The van der Waals surface area contributed by atoms with Crippen molar-refractivity contribution in [2.75, 3.05) is 26.2 Å². The molecule has 0 bridgehead atoms. The highest BCUT2D eigenvalue weighted by Gasteiger charge is 2.34. The quantitative estimate of drug-likeness (QED) is 0.685. The molecule has 1 aromatic carbocycles. The summed E-state index contributed by atoms with van der Waals surface area (Å²) in [5.74, 6) is -2.06. The van der Waals surface area contributed by atoms with Crippen LogP contribution in [-0.4, -0.2) is 53.2 Å². The molecular formula is C21H25F3N2O4. The lowest BCUT2D eigenvalue weighted by atomic mass is 9.80. The second kappa shape index (κ2) is 9.90. The molecule has 30 heavy (non-hydrogen) atoms. The molecule has 1 aliphatic carbocycles. The van der Waals surface area contributed by atoms with Gasteiger partial charge in [0.2, 0.25) is 0 Å². The summed E-state index contributed by atoms with van der Waals surface area (Å²) in [5.41, 5.74) is -0.600. The number of rotatable bonds is 4. The first kappa shape index (κ1) is 23.6. The molecule has 1 fully saturated rings. The monoisotopic (exact) mass is 426 g/mol. The van der Waals surface area contributed by atoms with E-state index >= 15 is 0 Å². The molecule has 1 aliphatic heterocycles. The number of hydrogen-bond donors (Lipinski definition) is 3. The molecule has 164 valence electrons. The summed E-state index contributed by atoms with van der Waals surface area (Å²) in [7, 11) is 0. The Morgan fingerprint density at radius 2 is 1.73 bits per heavy atom. The molecule has 9 heteroatoms. The van der Waals surface area contributed by atoms with Gasteiger partial charge in [-0.25, -0.2) is 4.79 Å². The van der Waals surface area contributed by atoms with Crippen LogP contribution < -0.4 is 5.32 Å². The van der Waals surface area contributed by atoms with Crippen LogP contribution in [0.1, 0.15) is 24.5 Å². The number of nitrogens with zero attached hydrogens (tertiary/aromatic N) is 1. The summed E-state index contributed by atoms with van der Waals surface area (Å²) in [6, 6.07) is 5.42. The minimum absolute atomic E-state index is 0.0359. The van der Waals surface area contributed by atoms with Crippen molar-refractivity contribution >= 4 is 11.9 Å². The maximum Gasteiger partial charge on any atom is 0.416 e. The summed E-state index contributed by atoms with van der Waals surface area (Å²) < 4.78 is 37.1. The number of aliphatic carboxylic acids is 2. The lowest BCUT2D eigenvalue weighted by molar-refractivity contribution is -0.145. The fourth-order valence-electron chi connectivity index (χ4n) is 3.11. The van der Waals surface area contributed by atoms with Gasteiger partial charge in [0.15, 0.2) is 0 Å². The van der Waals surface area contributed by atoms with Gasteiger partial charge < -0.3 is 15.5 Å². The van der Waals surface area contributed by atoms with Gasteiger partial charge in [0, 0.05) is 38.3 Å². The van der Waals surface area contributed by atoms with Crippen molar-refractivity contribution in [1.82, 2.24) is 10.2 Å². The van der Waals surface area contributed by atoms with E-state index in [1.165, 1.54) is 25.2 Å². The van der Waals surface area contributed by atoms with Crippen LogP contribution in [0.25, 0.3) is 0 Å². The highest BCUT2D eigenvalue weighted by Crippen LogP contribution is 2.31. The number of nitrogens with one attached hydrogen (secondary N) is 1. The number of halogens is 3. The van der Waals surface area contributed by atoms with Crippen LogP contribution in [0, 0.1) is 5.41 Å². The van der Waals surface area contributed by atoms with Gasteiger partial charge in [0.05, 0.1) is 11.0 Å². The Morgan fingerprint density at radius 1 is 1.13 bits per heavy atom. The molecule has 1 aromatic rings. The van der Waals surface area contributed by atoms with Gasteiger partial charge in [-0.1, -0.05) is 30.4 Å². The van der Waals surface area contributed by atoms with Crippen LogP contribution in [0.2, 0.25) is 0 Å². The second-order valence-corrected chi connectivity index (χ2v) is 7.48. The average molecular weight is 426 g/mol. The van der Waals surface area contributed by atoms with Gasteiger partial charge in [-0.05, 0) is 31.0 Å². The molecule has 3 rings (SSSR count). The Balaban J connectivity index is 0.000000222. The zero-order chi connectivity index (χ0) is 22.4. The van der Waals surface area contributed by atoms with E-state index in [9.17, 15) is 22.8 Å². The number of piperazine rings is 1. The predicted octanol–water partition coefficient (Wildman–Crippen LogP) is 3.16. The summed E-state index contributed by atoms with van der Waals surface area (Å²) in [6.45, 7) is 6.00. The largest absolute Gasteiger partial charge is 0.481 e. The Labute approximate surface area is 172 Å². The summed E-state index contributed by atoms with van der Waals surface area (Å²) in [6.07, 6.45) is 0.192. The molecule has 1 atom stereocenters. The lowest BCUT2D eigenvalue weighted by Gasteiger charge is -2.27. The van der Waals surface area contributed by atoms with Crippen LogP contribution in [0.5, 0.6) is 0 Å². The highest BCUT2D eigenvalue weighted by molar-refractivity contribution is 5.90. The molecule has 2 aliphatic rings. The first-order valence-corrected chi connectivity index (χ1v) is 9.45. The van der Waals surface area contributed by atoms with Gasteiger partial charge in [0.25, 0.3) is 0 Å². The average Bonchev–Trinajstić information content (AvgIpc) is 2.69. The Hall–Kier alpha value is -2.65. The van der Waals surface area contributed by atoms with Crippen molar-refractivity contribution < 1.29 is 33.0 Å². The molecule has 0 saturated carbocycles. The van der Waals surface area contributed by atoms with Crippen molar-refractivity contribution in [2.24, 2.45) is 5.41 Å². The van der Waals surface area contributed by atoms with Crippen molar-refractivity contribution in [1.29, 1.82) is 0 Å². The first-order chi connectivity index (χ1) is 14.0. The number of hydrogen-bond acceptors (Lipinski definition) is 4. The number of carboxylic acid groups (broad SMARTS) is 2. The maximum atomic E-state index is 12.4. The van der Waals surface area contributed by atoms with Gasteiger partial charge in [-0.3, -0.25) is 9.69 Å². The normalized spacial score (nSPS) is 21.9. The fraction of sp³-hybridized carbons (Fsp3) is 0.429. The van der Waals surface area contributed by atoms with Gasteiger partial charge >= 0.3 is 18.1 Å². The molecular weight excluding hydrogens is 401 g/mol. The third kappa shape index (κ3) is 6.70. The van der Waals surface area contributed by atoms with E-state index in [0.29, 0.717) is 0 Å². The lowest BCUT2D eigenvalue weighted by Crippen LogP contribution is -2.42. The van der Waals surface area contributed by atoms with Gasteiger partial charge in [0.1, 0.15) is 0 Å². The fourth-order valence-corrected chi connectivity index (χ4v) is 3.11. The Kier molecular flexibility index (Phi) is 7.80. The van der Waals surface area contributed by atoms with E-state index in [1.54, 1.807) is 12.1 Å². The van der Waals surface area contributed by atoms with E-state index in [1.807, 2.05) is 0 Å². The number of carboxylic acids is 2. The molecule has 0 unspecified atom stereocenters. The molecule has 1 heterocycles. The summed E-state index contributed by atoms with van der Waals surface area (Å²) in [4.78, 5) is 23.6.